The minimum absolute atomic E-state index is 0. The molecule has 126 valence electrons. The molecule has 0 radical (unpaired) electrons. The van der Waals surface area contributed by atoms with E-state index in [1.165, 1.54) is 32.4 Å². The van der Waals surface area contributed by atoms with Crippen LogP contribution in [0.5, 0.6) is 0 Å². The fourth-order valence-corrected chi connectivity index (χ4v) is 2.62. The summed E-state index contributed by atoms with van der Waals surface area (Å²) in [5, 5.41) is 15.4. The number of piperidine rings is 1. The minimum Gasteiger partial charge on any atom is -0.355 e. The van der Waals surface area contributed by atoms with Gasteiger partial charge in [-0.3, -0.25) is 4.99 Å². The summed E-state index contributed by atoms with van der Waals surface area (Å²) in [4.78, 5) is 6.75. The van der Waals surface area contributed by atoms with Gasteiger partial charge in [0, 0.05) is 26.7 Å². The number of hydrogen-bond donors (Lipinski definition) is 2. The number of likely N-dealkylation sites (tertiary alicyclic amines) is 1. The maximum atomic E-state index is 8.79. The molecule has 0 spiro atoms. The molecule has 1 aliphatic rings. The molecular formula is C17H26IN5. The van der Waals surface area contributed by atoms with Crippen molar-refractivity contribution >= 4 is 29.9 Å². The summed E-state index contributed by atoms with van der Waals surface area (Å²) < 4.78 is 0. The standard InChI is InChI=1S/C17H25N5.HI/c1-19-17(20-9-12-22-10-3-2-4-11-22)21-14-16-7-5-15(13-18)6-8-16;/h5-8H,2-4,9-12,14H2,1H3,(H2,19,20,21);1H. The van der Waals surface area contributed by atoms with Crippen LogP contribution in [0.25, 0.3) is 0 Å². The fraction of sp³-hybridized carbons (Fsp3) is 0.529. The third-order valence-corrected chi connectivity index (χ3v) is 3.94. The highest BCUT2D eigenvalue weighted by molar-refractivity contribution is 14.0. The van der Waals surface area contributed by atoms with Crippen molar-refractivity contribution < 1.29 is 0 Å². The number of aliphatic imine (C=N–C) groups is 1. The van der Waals surface area contributed by atoms with Crippen LogP contribution in [0.1, 0.15) is 30.4 Å². The Hall–Kier alpha value is -1.33. The lowest BCUT2D eigenvalue weighted by Crippen LogP contribution is -2.42. The molecule has 2 rings (SSSR count). The molecule has 1 aromatic rings. The Morgan fingerprint density at radius 1 is 1.17 bits per heavy atom. The Kier molecular flexibility index (Phi) is 9.64. The van der Waals surface area contributed by atoms with E-state index in [4.69, 9.17) is 5.26 Å². The molecule has 5 nitrogen and oxygen atoms in total. The van der Waals surface area contributed by atoms with E-state index >= 15 is 0 Å². The van der Waals surface area contributed by atoms with Crippen LogP contribution in [0.4, 0.5) is 0 Å². The van der Waals surface area contributed by atoms with Crippen LogP contribution in [-0.4, -0.2) is 44.1 Å². The Morgan fingerprint density at radius 2 is 1.87 bits per heavy atom. The highest BCUT2D eigenvalue weighted by Crippen LogP contribution is 2.07. The topological polar surface area (TPSA) is 63.5 Å². The number of nitriles is 1. The van der Waals surface area contributed by atoms with E-state index in [1.807, 2.05) is 24.3 Å². The van der Waals surface area contributed by atoms with Gasteiger partial charge < -0.3 is 15.5 Å². The smallest absolute Gasteiger partial charge is 0.191 e. The van der Waals surface area contributed by atoms with Gasteiger partial charge in [0.2, 0.25) is 0 Å². The van der Waals surface area contributed by atoms with E-state index in [0.29, 0.717) is 12.1 Å². The second kappa shape index (κ2) is 11.2. The molecule has 0 unspecified atom stereocenters. The lowest BCUT2D eigenvalue weighted by molar-refractivity contribution is 0.232. The summed E-state index contributed by atoms with van der Waals surface area (Å²) in [5.74, 6) is 0.821. The molecule has 1 heterocycles. The number of rotatable bonds is 5. The van der Waals surface area contributed by atoms with Crippen molar-refractivity contribution in [3.63, 3.8) is 0 Å². The first-order chi connectivity index (χ1) is 10.8. The SMILES string of the molecule is CN=C(NCCN1CCCCC1)NCc1ccc(C#N)cc1.I. The molecule has 2 N–H and O–H groups in total. The zero-order valence-corrected chi connectivity index (χ0v) is 16.0. The number of guanidine groups is 1. The summed E-state index contributed by atoms with van der Waals surface area (Å²) >= 11 is 0. The molecule has 1 aliphatic heterocycles. The van der Waals surface area contributed by atoms with Gasteiger partial charge in [-0.1, -0.05) is 18.6 Å². The lowest BCUT2D eigenvalue weighted by Gasteiger charge is -2.26. The molecule has 0 amide bonds. The monoisotopic (exact) mass is 427 g/mol. The van der Waals surface area contributed by atoms with Crippen LogP contribution in [-0.2, 0) is 6.54 Å². The summed E-state index contributed by atoms with van der Waals surface area (Å²) in [7, 11) is 1.79. The van der Waals surface area contributed by atoms with Gasteiger partial charge in [-0.05, 0) is 43.6 Å². The highest BCUT2D eigenvalue weighted by atomic mass is 127. The maximum Gasteiger partial charge on any atom is 0.191 e. The average molecular weight is 427 g/mol. The predicted molar refractivity (Wildman–Crippen MR) is 105 cm³/mol. The second-order valence-corrected chi connectivity index (χ2v) is 5.56. The molecule has 1 aromatic carbocycles. The third kappa shape index (κ3) is 7.18. The van der Waals surface area contributed by atoms with Gasteiger partial charge in [0.15, 0.2) is 5.96 Å². The first-order valence-corrected chi connectivity index (χ1v) is 7.98. The van der Waals surface area contributed by atoms with Crippen LogP contribution >= 0.6 is 24.0 Å². The van der Waals surface area contributed by atoms with Crippen molar-refractivity contribution in [3.8, 4) is 6.07 Å². The van der Waals surface area contributed by atoms with Gasteiger partial charge in [0.1, 0.15) is 0 Å². The molecule has 0 bridgehead atoms. The van der Waals surface area contributed by atoms with E-state index < -0.39 is 0 Å². The van der Waals surface area contributed by atoms with Crippen molar-refractivity contribution in [1.29, 1.82) is 5.26 Å². The molecule has 1 saturated heterocycles. The van der Waals surface area contributed by atoms with Crippen LogP contribution in [0.2, 0.25) is 0 Å². The van der Waals surface area contributed by atoms with Crippen LogP contribution in [0.15, 0.2) is 29.3 Å². The number of halogens is 1. The van der Waals surface area contributed by atoms with E-state index in [-0.39, 0.29) is 24.0 Å². The van der Waals surface area contributed by atoms with Gasteiger partial charge >= 0.3 is 0 Å². The van der Waals surface area contributed by atoms with Gasteiger partial charge in [-0.15, -0.1) is 24.0 Å². The normalized spacial score (nSPS) is 15.4. The molecule has 23 heavy (non-hydrogen) atoms. The molecule has 0 aromatic heterocycles. The van der Waals surface area contributed by atoms with Crippen LogP contribution in [0, 0.1) is 11.3 Å². The third-order valence-electron chi connectivity index (χ3n) is 3.94. The molecular weight excluding hydrogens is 401 g/mol. The first-order valence-electron chi connectivity index (χ1n) is 7.98. The summed E-state index contributed by atoms with van der Waals surface area (Å²) in [6, 6.07) is 9.73. The Bertz CT molecular complexity index is 515. The number of nitrogens with one attached hydrogen (secondary N) is 2. The summed E-state index contributed by atoms with van der Waals surface area (Å²) in [5.41, 5.74) is 1.82. The quantitative estimate of drug-likeness (QED) is 0.430. The molecule has 1 fully saturated rings. The van der Waals surface area contributed by atoms with Crippen molar-refractivity contribution in [1.82, 2.24) is 15.5 Å². The second-order valence-electron chi connectivity index (χ2n) is 5.56. The largest absolute Gasteiger partial charge is 0.355 e. The Balaban J connectivity index is 0.00000264. The van der Waals surface area contributed by atoms with Crippen LogP contribution in [0.3, 0.4) is 0 Å². The van der Waals surface area contributed by atoms with Crippen molar-refractivity contribution in [3.05, 3.63) is 35.4 Å². The Morgan fingerprint density at radius 3 is 2.48 bits per heavy atom. The summed E-state index contributed by atoms with van der Waals surface area (Å²) in [6.45, 7) is 5.12. The molecule has 0 aliphatic carbocycles. The summed E-state index contributed by atoms with van der Waals surface area (Å²) in [6.07, 6.45) is 4.02. The predicted octanol–water partition coefficient (Wildman–Crippen LogP) is 2.33. The van der Waals surface area contributed by atoms with E-state index in [2.05, 4.69) is 26.6 Å². The van der Waals surface area contributed by atoms with E-state index in [9.17, 15) is 0 Å². The zero-order chi connectivity index (χ0) is 15.6. The van der Waals surface area contributed by atoms with Crippen molar-refractivity contribution in [2.45, 2.75) is 25.8 Å². The van der Waals surface area contributed by atoms with E-state index in [0.717, 1.165) is 24.6 Å². The zero-order valence-electron chi connectivity index (χ0n) is 13.7. The average Bonchev–Trinajstić information content (AvgIpc) is 2.59. The van der Waals surface area contributed by atoms with Gasteiger partial charge in [-0.25, -0.2) is 0 Å². The number of hydrogen-bond acceptors (Lipinski definition) is 3. The Labute approximate surface area is 156 Å². The highest BCUT2D eigenvalue weighted by Gasteiger charge is 2.09. The molecule has 6 heteroatoms. The van der Waals surface area contributed by atoms with Gasteiger partial charge in [0.25, 0.3) is 0 Å². The fourth-order valence-electron chi connectivity index (χ4n) is 2.62. The van der Waals surface area contributed by atoms with Gasteiger partial charge in [-0.2, -0.15) is 5.26 Å². The van der Waals surface area contributed by atoms with Gasteiger partial charge in [0.05, 0.1) is 11.6 Å². The lowest BCUT2D eigenvalue weighted by atomic mass is 10.1. The van der Waals surface area contributed by atoms with Crippen molar-refractivity contribution in [2.75, 3.05) is 33.2 Å². The first kappa shape index (κ1) is 19.7. The number of nitrogens with zero attached hydrogens (tertiary/aromatic N) is 3. The van der Waals surface area contributed by atoms with Crippen LogP contribution < -0.4 is 10.6 Å². The number of benzene rings is 1. The van der Waals surface area contributed by atoms with Crippen molar-refractivity contribution in [2.24, 2.45) is 4.99 Å². The minimum atomic E-state index is 0. The maximum absolute atomic E-state index is 8.79. The molecule has 0 atom stereocenters. The van der Waals surface area contributed by atoms with E-state index in [1.54, 1.807) is 7.05 Å². The molecule has 0 saturated carbocycles.